The quantitative estimate of drug-likeness (QED) is 0.159. The molecule has 1 saturated heterocycles. The second-order valence-electron chi connectivity index (χ2n) is 14.7. The average molecular weight is 756 g/mol. The molecule has 2 aliphatic carbocycles. The van der Waals surface area contributed by atoms with E-state index in [-0.39, 0.29) is 31.0 Å². The van der Waals surface area contributed by atoms with Gasteiger partial charge in [0.25, 0.3) is 11.8 Å². The Labute approximate surface area is 311 Å². The predicted octanol–water partition coefficient (Wildman–Crippen LogP) is 2.36. The number of nitrogens with zero attached hydrogens (tertiary/aromatic N) is 5. The molecule has 4 aromatic rings. The van der Waals surface area contributed by atoms with Gasteiger partial charge in [-0.05, 0) is 63.0 Å². The summed E-state index contributed by atoms with van der Waals surface area (Å²) in [5.74, 6) is -2.60. The molecule has 4 amide bonds. The van der Waals surface area contributed by atoms with E-state index >= 15 is 0 Å². The van der Waals surface area contributed by atoms with E-state index in [4.69, 9.17) is 4.74 Å². The lowest BCUT2D eigenvalue weighted by atomic mass is 10.0. The summed E-state index contributed by atoms with van der Waals surface area (Å²) in [6, 6.07) is 6.98. The molecule has 4 N–H and O–H groups in total. The highest BCUT2D eigenvalue weighted by Crippen LogP contribution is 2.46. The van der Waals surface area contributed by atoms with Gasteiger partial charge in [-0.15, -0.1) is 0 Å². The highest BCUT2D eigenvalue weighted by molar-refractivity contribution is 7.91. The minimum atomic E-state index is -3.90. The minimum Gasteiger partial charge on any atom is -0.472 e. The van der Waals surface area contributed by atoms with Crippen LogP contribution in [-0.4, -0.2) is 97.6 Å². The van der Waals surface area contributed by atoms with E-state index in [1.54, 1.807) is 19.2 Å². The van der Waals surface area contributed by atoms with Crippen LogP contribution < -0.4 is 20.1 Å². The summed E-state index contributed by atoms with van der Waals surface area (Å²) < 4.78 is 34.4. The van der Waals surface area contributed by atoms with Crippen molar-refractivity contribution >= 4 is 55.5 Å². The van der Waals surface area contributed by atoms with Crippen molar-refractivity contribution in [1.29, 1.82) is 0 Å². The predicted molar refractivity (Wildman–Crippen MR) is 195 cm³/mol. The topological polar surface area (TPSA) is 218 Å². The fourth-order valence-corrected chi connectivity index (χ4v) is 8.89. The van der Waals surface area contributed by atoms with E-state index in [0.717, 1.165) is 23.6 Å². The maximum Gasteiger partial charge on any atom is 0.272 e. The molecular weight excluding hydrogens is 715 g/mol. The number of rotatable bonds is 7. The molecule has 0 radical (unpaired) electrons. The summed E-state index contributed by atoms with van der Waals surface area (Å²) in [5, 5.41) is 14.2. The number of amides is 4. The Hall–Kier alpha value is -5.45. The Morgan fingerprint density at radius 1 is 1.06 bits per heavy atom. The van der Waals surface area contributed by atoms with Gasteiger partial charge < -0.3 is 20.3 Å². The lowest BCUT2D eigenvalue weighted by Gasteiger charge is -2.29. The molecule has 54 heavy (non-hydrogen) atoms. The van der Waals surface area contributed by atoms with Crippen LogP contribution in [-0.2, 0) is 24.4 Å². The van der Waals surface area contributed by atoms with Crippen LogP contribution in [0.15, 0.2) is 55.0 Å². The number of hydrogen-bond donors (Lipinski definition) is 4. The standard InChI is InChI=1S/C37H41N9O7S/c1-21-15-29(44-43-21)32(47)40-28-12-6-4-2-3-5-9-22-17-37(22,36(50)45-54(51,52)24-13-14-24)42-33(48)30-16-23(19-46(30)35(28)49)53-34-26-11-8-7-10-25(26)27-18-38-20-39-31(27)41-34/h5,7-11,15,18,20,22-24,28,30H,2-4,6,12-14,16-17,19H2,1H3,(H,40,47)(H,42,48)(H,43,44)(H,45,50)/b9-5-/t22-,23-,28+,30+,37-/m1/s1. The molecule has 0 bridgehead atoms. The number of nitrogens with one attached hydrogen (secondary N) is 4. The molecule has 0 spiro atoms. The molecule has 2 aliphatic heterocycles. The van der Waals surface area contributed by atoms with E-state index in [0.29, 0.717) is 48.8 Å². The molecule has 1 aromatic carbocycles. The van der Waals surface area contributed by atoms with Crippen molar-refractivity contribution in [2.45, 2.75) is 93.7 Å². The number of carbonyl (C=O) groups excluding carboxylic acids is 4. The summed E-state index contributed by atoms with van der Waals surface area (Å²) in [6.07, 6.45) is 10.5. The molecule has 5 atom stereocenters. The fourth-order valence-electron chi connectivity index (χ4n) is 7.52. The third-order valence-electron chi connectivity index (χ3n) is 10.7. The third-order valence-corrected chi connectivity index (χ3v) is 12.5. The third kappa shape index (κ3) is 6.99. The maximum atomic E-state index is 14.6. The van der Waals surface area contributed by atoms with Crippen molar-refractivity contribution in [2.24, 2.45) is 5.92 Å². The zero-order chi connectivity index (χ0) is 37.6. The molecule has 17 heteroatoms. The average Bonchev–Trinajstić information content (AvgIpc) is 4.05. The Balaban J connectivity index is 1.12. The monoisotopic (exact) mass is 755 g/mol. The van der Waals surface area contributed by atoms with Gasteiger partial charge in [0.05, 0.1) is 11.8 Å². The van der Waals surface area contributed by atoms with Crippen LogP contribution in [0.3, 0.4) is 0 Å². The van der Waals surface area contributed by atoms with Crippen molar-refractivity contribution in [3.8, 4) is 5.88 Å². The number of aromatic nitrogens is 5. The van der Waals surface area contributed by atoms with Gasteiger partial charge in [0.15, 0.2) is 5.65 Å². The maximum absolute atomic E-state index is 14.6. The molecule has 2 saturated carbocycles. The SMILES string of the molecule is Cc1cc(C(=O)N[C@H]2CCCCC/C=C\[C@@H]3C[C@@]3(C(=O)NS(=O)(=O)C3CC3)NC(=O)[C@@H]3C[C@@H](Oc4nc5ncncc5c5ccccc45)CN3C2=O)n[nH]1. The number of ether oxygens (including phenoxy) is 1. The number of pyridine rings is 1. The highest BCUT2D eigenvalue weighted by atomic mass is 32.2. The van der Waals surface area contributed by atoms with Crippen LogP contribution >= 0.6 is 0 Å². The van der Waals surface area contributed by atoms with E-state index in [9.17, 15) is 27.6 Å². The van der Waals surface area contributed by atoms with E-state index in [2.05, 4.69) is 40.5 Å². The first-order valence-corrected chi connectivity index (χ1v) is 19.9. The second-order valence-corrected chi connectivity index (χ2v) is 16.6. The van der Waals surface area contributed by atoms with Gasteiger partial charge >= 0.3 is 0 Å². The first kappa shape index (κ1) is 35.6. The minimum absolute atomic E-state index is 0.0266. The Kier molecular flexibility index (Phi) is 9.27. The molecule has 282 valence electrons. The molecule has 16 nitrogen and oxygen atoms in total. The van der Waals surface area contributed by atoms with Crippen molar-refractivity contribution < 1.29 is 32.3 Å². The number of aromatic amines is 1. The number of carbonyl (C=O) groups is 4. The first-order chi connectivity index (χ1) is 26.0. The number of sulfonamides is 1. The van der Waals surface area contributed by atoms with Crippen LogP contribution in [0.25, 0.3) is 21.8 Å². The van der Waals surface area contributed by atoms with E-state index in [1.165, 1.54) is 11.2 Å². The molecular formula is C37H41N9O7S. The summed E-state index contributed by atoms with van der Waals surface area (Å²) in [4.78, 5) is 70.6. The number of fused-ring (bicyclic) bond motifs is 5. The van der Waals surface area contributed by atoms with Gasteiger partial charge in [-0.25, -0.2) is 18.4 Å². The summed E-state index contributed by atoms with van der Waals surface area (Å²) in [6.45, 7) is 1.74. The smallest absolute Gasteiger partial charge is 0.272 e. The van der Waals surface area contributed by atoms with Gasteiger partial charge in [-0.1, -0.05) is 43.2 Å². The number of H-pyrrole nitrogens is 1. The van der Waals surface area contributed by atoms with Crippen LogP contribution in [0.1, 0.15) is 74.0 Å². The van der Waals surface area contributed by atoms with Crippen LogP contribution in [0.4, 0.5) is 0 Å². The van der Waals surface area contributed by atoms with Crippen LogP contribution in [0.2, 0.25) is 0 Å². The summed E-state index contributed by atoms with van der Waals surface area (Å²) in [7, 11) is -3.90. The normalized spacial score (nSPS) is 26.9. The summed E-state index contributed by atoms with van der Waals surface area (Å²) in [5.41, 5.74) is -0.283. The van der Waals surface area contributed by atoms with Crippen LogP contribution in [0.5, 0.6) is 5.88 Å². The highest BCUT2D eigenvalue weighted by Gasteiger charge is 2.62. The number of benzene rings is 1. The Morgan fingerprint density at radius 3 is 2.65 bits per heavy atom. The zero-order valence-electron chi connectivity index (χ0n) is 29.7. The van der Waals surface area contributed by atoms with E-state index in [1.807, 2.05) is 36.4 Å². The molecule has 8 rings (SSSR count). The zero-order valence-corrected chi connectivity index (χ0v) is 30.5. The Bertz CT molecular complexity index is 2290. The van der Waals surface area contributed by atoms with Crippen molar-refractivity contribution in [3.05, 3.63) is 66.4 Å². The number of allylic oxidation sites excluding steroid dienone is 1. The molecule has 4 aliphatic rings. The molecule has 5 heterocycles. The fraction of sp³-hybridized carbons (Fsp3) is 0.459. The summed E-state index contributed by atoms with van der Waals surface area (Å²) >= 11 is 0. The van der Waals surface area contributed by atoms with Crippen molar-refractivity contribution in [2.75, 3.05) is 6.54 Å². The molecule has 3 fully saturated rings. The molecule has 3 aromatic heterocycles. The first-order valence-electron chi connectivity index (χ1n) is 18.4. The molecule has 0 unspecified atom stereocenters. The van der Waals surface area contributed by atoms with Gasteiger partial charge in [0, 0.05) is 35.0 Å². The number of hydrogen-bond acceptors (Lipinski definition) is 11. The van der Waals surface area contributed by atoms with Gasteiger partial charge in [0.1, 0.15) is 35.7 Å². The lowest BCUT2D eigenvalue weighted by Crippen LogP contribution is -2.58. The lowest BCUT2D eigenvalue weighted by molar-refractivity contribution is -0.141. The van der Waals surface area contributed by atoms with Crippen molar-refractivity contribution in [3.63, 3.8) is 0 Å². The van der Waals surface area contributed by atoms with E-state index < -0.39 is 68.5 Å². The number of aryl methyl sites for hydroxylation is 1. The largest absolute Gasteiger partial charge is 0.472 e. The van der Waals surface area contributed by atoms with Crippen molar-refractivity contribution in [1.82, 2.24) is 45.4 Å². The van der Waals surface area contributed by atoms with Gasteiger partial charge in [0.2, 0.25) is 27.7 Å². The van der Waals surface area contributed by atoms with Crippen LogP contribution in [0, 0.1) is 12.8 Å². The second kappa shape index (κ2) is 14.1. The van der Waals surface area contributed by atoms with Gasteiger partial charge in [-0.3, -0.25) is 29.0 Å². The van der Waals surface area contributed by atoms with Gasteiger partial charge in [-0.2, -0.15) is 10.1 Å². The Morgan fingerprint density at radius 2 is 1.87 bits per heavy atom.